The summed E-state index contributed by atoms with van der Waals surface area (Å²) in [5.41, 5.74) is 1.40. The van der Waals surface area contributed by atoms with Gasteiger partial charge in [-0.05, 0) is 63.1 Å². The summed E-state index contributed by atoms with van der Waals surface area (Å²) >= 11 is 0. The SMILES string of the molecule is CC1CCCC(C)N1S(=O)(=O)c1ccc(NC(=O)Cn2c(=O)oc3ccccc32)cc1. The van der Waals surface area contributed by atoms with E-state index in [4.69, 9.17) is 4.42 Å². The number of anilines is 1. The molecule has 1 fully saturated rings. The summed E-state index contributed by atoms with van der Waals surface area (Å²) < 4.78 is 34.2. The number of hydrogen-bond acceptors (Lipinski definition) is 5. The van der Waals surface area contributed by atoms with Gasteiger partial charge in [0.25, 0.3) is 0 Å². The van der Waals surface area contributed by atoms with Gasteiger partial charge in [-0.3, -0.25) is 9.36 Å². The van der Waals surface area contributed by atoms with Gasteiger partial charge < -0.3 is 9.73 Å². The smallest absolute Gasteiger partial charge is 0.408 e. The number of aromatic nitrogens is 1. The molecule has 4 rings (SSSR count). The molecule has 0 spiro atoms. The minimum Gasteiger partial charge on any atom is -0.408 e. The highest BCUT2D eigenvalue weighted by Gasteiger charge is 2.35. The molecule has 1 aliphatic heterocycles. The number of sulfonamides is 1. The van der Waals surface area contributed by atoms with Crippen molar-refractivity contribution in [3.05, 3.63) is 59.1 Å². The Bertz CT molecular complexity index is 1250. The minimum absolute atomic E-state index is 0.0452. The zero-order valence-electron chi connectivity index (χ0n) is 17.4. The summed E-state index contributed by atoms with van der Waals surface area (Å²) in [7, 11) is -3.61. The average Bonchev–Trinajstić information content (AvgIpc) is 3.03. The number of rotatable bonds is 5. The molecule has 1 amide bonds. The maximum absolute atomic E-state index is 13.1. The van der Waals surface area contributed by atoms with Gasteiger partial charge in [-0.25, -0.2) is 13.2 Å². The van der Waals surface area contributed by atoms with Crippen LogP contribution in [0.15, 0.2) is 62.6 Å². The van der Waals surface area contributed by atoms with Crippen LogP contribution in [-0.2, 0) is 21.4 Å². The third-order valence-electron chi connectivity index (χ3n) is 5.70. The van der Waals surface area contributed by atoms with Crippen molar-refractivity contribution in [1.82, 2.24) is 8.87 Å². The first-order valence-electron chi connectivity index (χ1n) is 10.3. The Morgan fingerprint density at radius 2 is 1.71 bits per heavy atom. The fraction of sp³-hybridized carbons (Fsp3) is 0.364. The van der Waals surface area contributed by atoms with E-state index in [9.17, 15) is 18.0 Å². The first-order chi connectivity index (χ1) is 14.8. The molecule has 1 N–H and O–H groups in total. The lowest BCUT2D eigenvalue weighted by atomic mass is 10.0. The number of oxazole rings is 1. The number of amides is 1. The third-order valence-corrected chi connectivity index (χ3v) is 7.84. The van der Waals surface area contributed by atoms with E-state index in [0.29, 0.717) is 16.8 Å². The van der Waals surface area contributed by atoms with Crippen LogP contribution < -0.4 is 11.1 Å². The van der Waals surface area contributed by atoms with E-state index in [1.807, 2.05) is 13.8 Å². The monoisotopic (exact) mass is 443 g/mol. The number of nitrogens with zero attached hydrogens (tertiary/aromatic N) is 2. The van der Waals surface area contributed by atoms with Gasteiger partial charge in [0.15, 0.2) is 5.58 Å². The van der Waals surface area contributed by atoms with E-state index in [1.54, 1.807) is 40.7 Å². The molecule has 0 radical (unpaired) electrons. The summed E-state index contributed by atoms with van der Waals surface area (Å²) in [4.78, 5) is 24.7. The van der Waals surface area contributed by atoms with Gasteiger partial charge in [-0.2, -0.15) is 4.31 Å². The van der Waals surface area contributed by atoms with Crippen LogP contribution in [0.25, 0.3) is 11.1 Å². The third kappa shape index (κ3) is 4.15. The molecule has 2 aromatic carbocycles. The fourth-order valence-corrected chi connectivity index (χ4v) is 6.09. The molecule has 8 nitrogen and oxygen atoms in total. The van der Waals surface area contributed by atoms with Crippen LogP contribution in [0.1, 0.15) is 33.1 Å². The van der Waals surface area contributed by atoms with Crippen molar-refractivity contribution in [3.8, 4) is 0 Å². The number of carbonyl (C=O) groups excluding carboxylic acids is 1. The summed E-state index contributed by atoms with van der Waals surface area (Å²) in [5, 5.41) is 2.70. The Kier molecular flexibility index (Phi) is 5.72. The number of fused-ring (bicyclic) bond motifs is 1. The highest BCUT2D eigenvalue weighted by molar-refractivity contribution is 7.89. The molecule has 2 atom stereocenters. The van der Waals surface area contributed by atoms with Crippen LogP contribution >= 0.6 is 0 Å². The van der Waals surface area contributed by atoms with E-state index in [2.05, 4.69) is 5.32 Å². The maximum atomic E-state index is 13.1. The zero-order valence-corrected chi connectivity index (χ0v) is 18.3. The topological polar surface area (TPSA) is 102 Å². The predicted octanol–water partition coefficient (Wildman–Crippen LogP) is 3.18. The molecule has 2 heterocycles. The van der Waals surface area contributed by atoms with Gasteiger partial charge in [0.1, 0.15) is 6.54 Å². The van der Waals surface area contributed by atoms with Crippen molar-refractivity contribution in [2.24, 2.45) is 0 Å². The molecule has 0 bridgehead atoms. The van der Waals surface area contributed by atoms with Crippen molar-refractivity contribution in [2.75, 3.05) is 5.32 Å². The minimum atomic E-state index is -3.61. The highest BCUT2D eigenvalue weighted by Crippen LogP contribution is 2.30. The summed E-state index contributed by atoms with van der Waals surface area (Å²) in [6.07, 6.45) is 2.72. The predicted molar refractivity (Wildman–Crippen MR) is 117 cm³/mol. The van der Waals surface area contributed by atoms with Crippen molar-refractivity contribution in [2.45, 2.75) is 56.6 Å². The molecular weight excluding hydrogens is 418 g/mol. The van der Waals surface area contributed by atoms with Gasteiger partial charge >= 0.3 is 5.76 Å². The maximum Gasteiger partial charge on any atom is 0.420 e. The second kappa shape index (κ2) is 8.32. The first-order valence-corrected chi connectivity index (χ1v) is 11.7. The van der Waals surface area contributed by atoms with Crippen molar-refractivity contribution in [3.63, 3.8) is 0 Å². The zero-order chi connectivity index (χ0) is 22.2. The molecule has 3 aromatic rings. The van der Waals surface area contributed by atoms with Crippen molar-refractivity contribution < 1.29 is 17.6 Å². The highest BCUT2D eigenvalue weighted by atomic mass is 32.2. The molecule has 2 unspecified atom stereocenters. The Morgan fingerprint density at radius 3 is 2.39 bits per heavy atom. The Labute approximate surface area is 180 Å². The first kappa shape index (κ1) is 21.3. The van der Waals surface area contributed by atoms with Crippen LogP contribution in [0, 0.1) is 0 Å². The van der Waals surface area contributed by atoms with E-state index in [-0.39, 0.29) is 23.5 Å². The molecule has 1 aliphatic rings. The van der Waals surface area contributed by atoms with E-state index >= 15 is 0 Å². The van der Waals surface area contributed by atoms with Crippen LogP contribution in [-0.4, -0.2) is 35.3 Å². The number of hydrogen-bond donors (Lipinski definition) is 1. The van der Waals surface area contributed by atoms with Gasteiger partial charge in [-0.15, -0.1) is 0 Å². The lowest BCUT2D eigenvalue weighted by molar-refractivity contribution is -0.116. The fourth-order valence-electron chi connectivity index (χ4n) is 4.21. The second-order valence-electron chi connectivity index (χ2n) is 7.96. The van der Waals surface area contributed by atoms with E-state index in [0.717, 1.165) is 19.3 Å². The molecular formula is C22H25N3O5S. The average molecular weight is 444 g/mol. The normalized spacial score (nSPS) is 20.1. The summed E-state index contributed by atoms with van der Waals surface area (Å²) in [6, 6.07) is 12.9. The van der Waals surface area contributed by atoms with Crippen LogP contribution in [0.2, 0.25) is 0 Å². The Balaban J connectivity index is 1.49. The van der Waals surface area contributed by atoms with Crippen LogP contribution in [0.5, 0.6) is 0 Å². The van der Waals surface area contributed by atoms with Crippen molar-refractivity contribution in [1.29, 1.82) is 0 Å². The summed E-state index contributed by atoms with van der Waals surface area (Å²) in [6.45, 7) is 3.66. The van der Waals surface area contributed by atoms with Crippen LogP contribution in [0.3, 0.4) is 0 Å². The lowest BCUT2D eigenvalue weighted by Crippen LogP contribution is -2.47. The Morgan fingerprint density at radius 1 is 1.06 bits per heavy atom. The van der Waals surface area contributed by atoms with E-state index in [1.165, 1.54) is 16.7 Å². The quantitative estimate of drug-likeness (QED) is 0.653. The molecule has 0 saturated carbocycles. The van der Waals surface area contributed by atoms with E-state index < -0.39 is 21.7 Å². The number of nitrogens with one attached hydrogen (secondary N) is 1. The molecule has 164 valence electrons. The van der Waals surface area contributed by atoms with Gasteiger partial charge in [0, 0.05) is 17.8 Å². The number of benzene rings is 2. The molecule has 31 heavy (non-hydrogen) atoms. The van der Waals surface area contributed by atoms with Crippen molar-refractivity contribution >= 4 is 32.7 Å². The second-order valence-corrected chi connectivity index (χ2v) is 9.80. The largest absolute Gasteiger partial charge is 0.420 e. The molecule has 0 aliphatic carbocycles. The molecule has 1 aromatic heterocycles. The van der Waals surface area contributed by atoms with Crippen LogP contribution in [0.4, 0.5) is 5.69 Å². The molecule has 9 heteroatoms. The number of carbonyl (C=O) groups is 1. The van der Waals surface area contributed by atoms with Gasteiger partial charge in [-0.1, -0.05) is 18.6 Å². The Hall–Kier alpha value is -2.91. The van der Waals surface area contributed by atoms with Gasteiger partial charge in [0.2, 0.25) is 15.9 Å². The molecule has 1 saturated heterocycles. The number of para-hydroxylation sites is 2. The summed E-state index contributed by atoms with van der Waals surface area (Å²) in [5.74, 6) is -1.02. The standard InChI is InChI=1S/C22H25N3O5S/c1-15-6-5-7-16(2)25(15)31(28,29)18-12-10-17(11-13-18)23-21(26)14-24-19-8-3-4-9-20(19)30-22(24)27/h3-4,8-13,15-16H,5-7,14H2,1-2H3,(H,23,26). The lowest BCUT2D eigenvalue weighted by Gasteiger charge is -2.37. The number of piperidine rings is 1. The van der Waals surface area contributed by atoms with Gasteiger partial charge in [0.05, 0.1) is 10.4 Å².